The van der Waals surface area contributed by atoms with Gasteiger partial charge in [-0.3, -0.25) is 9.67 Å². The molecule has 1 heterocycles. The highest BCUT2D eigenvalue weighted by molar-refractivity contribution is 5.79. The van der Waals surface area contributed by atoms with Gasteiger partial charge in [-0.2, -0.15) is 5.10 Å². The fourth-order valence-corrected chi connectivity index (χ4v) is 3.07. The van der Waals surface area contributed by atoms with Gasteiger partial charge in [-0.05, 0) is 18.4 Å². The fourth-order valence-electron chi connectivity index (χ4n) is 3.07. The van der Waals surface area contributed by atoms with Crippen LogP contribution >= 0.6 is 0 Å². The quantitative estimate of drug-likeness (QED) is 0.608. The van der Waals surface area contributed by atoms with Crippen molar-refractivity contribution in [1.82, 2.24) is 20.0 Å². The Hall–Kier alpha value is -2.30. The topological polar surface area (TPSA) is 45.5 Å². The number of benzene rings is 1. The van der Waals surface area contributed by atoms with Gasteiger partial charge in [0.25, 0.3) is 0 Å². The van der Waals surface area contributed by atoms with Crippen LogP contribution in [0, 0.1) is 0 Å². The highest BCUT2D eigenvalue weighted by atomic mass is 15.3. The zero-order chi connectivity index (χ0) is 19.1. The maximum absolute atomic E-state index is 4.87. The Labute approximate surface area is 158 Å². The summed E-state index contributed by atoms with van der Waals surface area (Å²) in [6, 6.07) is 10.6. The SMILES string of the molecule is CCNC(=NCC(C)c1ccccc1)N(C)Cc1cn(C)nc1C(C)C. The average Bonchev–Trinajstić information content (AvgIpc) is 2.99. The summed E-state index contributed by atoms with van der Waals surface area (Å²) in [7, 11) is 4.07. The van der Waals surface area contributed by atoms with E-state index in [1.165, 1.54) is 11.1 Å². The van der Waals surface area contributed by atoms with Crippen LogP contribution in [0.15, 0.2) is 41.5 Å². The first-order chi connectivity index (χ1) is 12.4. The Balaban J connectivity index is 2.10. The van der Waals surface area contributed by atoms with E-state index in [4.69, 9.17) is 4.99 Å². The first-order valence-electron chi connectivity index (χ1n) is 9.49. The van der Waals surface area contributed by atoms with Gasteiger partial charge in [-0.15, -0.1) is 0 Å². The lowest BCUT2D eigenvalue weighted by molar-refractivity contribution is 0.472. The van der Waals surface area contributed by atoms with E-state index < -0.39 is 0 Å². The van der Waals surface area contributed by atoms with Gasteiger partial charge in [0.2, 0.25) is 0 Å². The molecular weight excluding hydrogens is 322 g/mol. The molecule has 1 aromatic carbocycles. The van der Waals surface area contributed by atoms with E-state index >= 15 is 0 Å². The van der Waals surface area contributed by atoms with E-state index in [2.05, 4.69) is 86.6 Å². The van der Waals surface area contributed by atoms with Crippen molar-refractivity contribution in [2.75, 3.05) is 20.1 Å². The number of hydrogen-bond acceptors (Lipinski definition) is 2. The molecule has 2 aromatic rings. The summed E-state index contributed by atoms with van der Waals surface area (Å²) in [5.74, 6) is 1.74. The van der Waals surface area contributed by atoms with Crippen molar-refractivity contribution in [2.24, 2.45) is 12.0 Å². The lowest BCUT2D eigenvalue weighted by Gasteiger charge is -2.23. The summed E-state index contributed by atoms with van der Waals surface area (Å²) in [5, 5.41) is 8.03. The molecule has 0 aliphatic heterocycles. The van der Waals surface area contributed by atoms with E-state index in [1.807, 2.05) is 11.7 Å². The van der Waals surface area contributed by atoms with Crippen LogP contribution in [0.3, 0.4) is 0 Å². The van der Waals surface area contributed by atoms with Crippen molar-refractivity contribution in [1.29, 1.82) is 0 Å². The summed E-state index contributed by atoms with van der Waals surface area (Å²) >= 11 is 0. The van der Waals surface area contributed by atoms with Crippen molar-refractivity contribution >= 4 is 5.96 Å². The number of aromatic nitrogens is 2. The van der Waals surface area contributed by atoms with Gasteiger partial charge in [-0.25, -0.2) is 0 Å². The molecule has 1 unspecified atom stereocenters. The third kappa shape index (κ3) is 5.35. The Morgan fingerprint density at radius 2 is 1.92 bits per heavy atom. The van der Waals surface area contributed by atoms with E-state index in [0.717, 1.165) is 31.3 Å². The molecule has 0 fully saturated rings. The Morgan fingerprint density at radius 1 is 1.23 bits per heavy atom. The summed E-state index contributed by atoms with van der Waals surface area (Å²) in [6.45, 7) is 11.1. The van der Waals surface area contributed by atoms with Crippen LogP contribution in [0.5, 0.6) is 0 Å². The highest BCUT2D eigenvalue weighted by Gasteiger charge is 2.15. The van der Waals surface area contributed by atoms with Gasteiger partial charge < -0.3 is 10.2 Å². The van der Waals surface area contributed by atoms with E-state index in [0.29, 0.717) is 11.8 Å². The molecule has 0 bridgehead atoms. The van der Waals surface area contributed by atoms with Crippen LogP contribution in [0.1, 0.15) is 56.4 Å². The summed E-state index contributed by atoms with van der Waals surface area (Å²) in [5.41, 5.74) is 3.74. The molecule has 1 N–H and O–H groups in total. The van der Waals surface area contributed by atoms with Gasteiger partial charge in [-0.1, -0.05) is 51.1 Å². The van der Waals surface area contributed by atoms with Crippen LogP contribution in [-0.2, 0) is 13.6 Å². The predicted octanol–water partition coefficient (Wildman–Crippen LogP) is 3.74. The van der Waals surface area contributed by atoms with Crippen LogP contribution in [0.25, 0.3) is 0 Å². The minimum atomic E-state index is 0.392. The molecule has 0 aliphatic carbocycles. The Kier molecular flexibility index (Phi) is 7.25. The van der Waals surface area contributed by atoms with Crippen LogP contribution in [0.2, 0.25) is 0 Å². The zero-order valence-electron chi connectivity index (χ0n) is 17.0. The monoisotopic (exact) mass is 355 g/mol. The van der Waals surface area contributed by atoms with E-state index in [-0.39, 0.29) is 0 Å². The molecule has 5 nitrogen and oxygen atoms in total. The summed E-state index contributed by atoms with van der Waals surface area (Å²) < 4.78 is 1.90. The van der Waals surface area contributed by atoms with Crippen molar-refractivity contribution in [3.05, 3.63) is 53.3 Å². The molecule has 0 amide bonds. The summed E-state index contributed by atoms with van der Waals surface area (Å²) in [6.07, 6.45) is 2.11. The second kappa shape index (κ2) is 9.41. The molecular formula is C21H33N5. The van der Waals surface area contributed by atoms with Gasteiger partial charge >= 0.3 is 0 Å². The molecule has 26 heavy (non-hydrogen) atoms. The van der Waals surface area contributed by atoms with E-state index in [9.17, 15) is 0 Å². The first-order valence-corrected chi connectivity index (χ1v) is 9.49. The lowest BCUT2D eigenvalue weighted by Crippen LogP contribution is -2.38. The standard InChI is InChI=1S/C21H33N5/c1-7-22-21(23-13-17(4)18-11-9-8-10-12-18)25(5)14-19-15-26(6)24-20(19)16(2)3/h8-12,15-17H,7,13-14H2,1-6H3,(H,22,23). The maximum Gasteiger partial charge on any atom is 0.193 e. The molecule has 5 heteroatoms. The second-order valence-electron chi connectivity index (χ2n) is 7.23. The van der Waals surface area contributed by atoms with Gasteiger partial charge in [0.1, 0.15) is 0 Å². The molecule has 142 valence electrons. The third-order valence-corrected chi connectivity index (χ3v) is 4.47. The predicted molar refractivity (Wildman–Crippen MR) is 110 cm³/mol. The number of aliphatic imine (C=N–C) groups is 1. The van der Waals surface area contributed by atoms with E-state index in [1.54, 1.807) is 0 Å². The number of rotatable bonds is 7. The summed E-state index contributed by atoms with van der Waals surface area (Å²) in [4.78, 5) is 7.06. The minimum absolute atomic E-state index is 0.392. The fraction of sp³-hybridized carbons (Fsp3) is 0.524. The molecule has 0 aliphatic rings. The minimum Gasteiger partial charge on any atom is -0.357 e. The molecule has 0 spiro atoms. The van der Waals surface area contributed by atoms with Crippen molar-refractivity contribution in [3.63, 3.8) is 0 Å². The largest absolute Gasteiger partial charge is 0.357 e. The van der Waals surface area contributed by atoms with Gasteiger partial charge in [0, 0.05) is 51.4 Å². The smallest absolute Gasteiger partial charge is 0.193 e. The van der Waals surface area contributed by atoms with Gasteiger partial charge in [0.15, 0.2) is 5.96 Å². The number of guanidine groups is 1. The zero-order valence-corrected chi connectivity index (χ0v) is 17.0. The molecule has 2 rings (SSSR count). The average molecular weight is 356 g/mol. The normalized spacial score (nSPS) is 13.1. The van der Waals surface area contributed by atoms with Crippen molar-refractivity contribution in [3.8, 4) is 0 Å². The Morgan fingerprint density at radius 3 is 2.54 bits per heavy atom. The molecule has 1 aromatic heterocycles. The van der Waals surface area contributed by atoms with Gasteiger partial charge in [0.05, 0.1) is 5.69 Å². The molecule has 0 radical (unpaired) electrons. The number of nitrogens with one attached hydrogen (secondary N) is 1. The highest BCUT2D eigenvalue weighted by Crippen LogP contribution is 2.19. The van der Waals surface area contributed by atoms with Crippen LogP contribution in [0.4, 0.5) is 0 Å². The Bertz CT molecular complexity index is 702. The number of aryl methyl sites for hydroxylation is 1. The first kappa shape index (κ1) is 20.0. The van der Waals surface area contributed by atoms with Crippen LogP contribution in [-0.4, -0.2) is 40.8 Å². The number of nitrogens with zero attached hydrogens (tertiary/aromatic N) is 4. The van der Waals surface area contributed by atoms with Crippen molar-refractivity contribution in [2.45, 2.75) is 46.1 Å². The van der Waals surface area contributed by atoms with Crippen molar-refractivity contribution < 1.29 is 0 Å². The molecule has 0 saturated carbocycles. The lowest BCUT2D eigenvalue weighted by atomic mass is 10.0. The number of hydrogen-bond donors (Lipinski definition) is 1. The molecule has 0 saturated heterocycles. The third-order valence-electron chi connectivity index (χ3n) is 4.47. The van der Waals surface area contributed by atoms with Crippen LogP contribution < -0.4 is 5.32 Å². The maximum atomic E-state index is 4.87. The molecule has 1 atom stereocenters. The second-order valence-corrected chi connectivity index (χ2v) is 7.23.